The molecule has 1 aliphatic carbocycles. The number of piperidine rings is 1. The largest absolute Gasteiger partial charge is 0.472 e. The number of aromatic nitrogens is 1. The number of aliphatic hydroxyl groups excluding tert-OH is 1. The van der Waals surface area contributed by atoms with Gasteiger partial charge in [0.15, 0.2) is 12.5 Å². The highest BCUT2D eigenvalue weighted by molar-refractivity contribution is 5.95. The van der Waals surface area contributed by atoms with Crippen molar-refractivity contribution in [3.63, 3.8) is 0 Å². The molecule has 10 nitrogen and oxygen atoms in total. The second-order valence-electron chi connectivity index (χ2n) is 17.9. The summed E-state index contributed by atoms with van der Waals surface area (Å²) in [6, 6.07) is 10.8. The first-order valence-corrected chi connectivity index (χ1v) is 21.7. The predicted octanol–water partition coefficient (Wildman–Crippen LogP) is 8.47. The summed E-state index contributed by atoms with van der Waals surface area (Å²) in [6.07, 6.45) is 6.84. The number of likely N-dealkylation sites (tertiary alicyclic amines) is 2. The summed E-state index contributed by atoms with van der Waals surface area (Å²) >= 11 is 0. The van der Waals surface area contributed by atoms with Crippen molar-refractivity contribution in [2.45, 2.75) is 130 Å². The summed E-state index contributed by atoms with van der Waals surface area (Å²) in [5.41, 5.74) is 13.0. The van der Waals surface area contributed by atoms with Gasteiger partial charge in [0, 0.05) is 65.9 Å². The third-order valence-electron chi connectivity index (χ3n) is 13.2. The van der Waals surface area contributed by atoms with Gasteiger partial charge in [0.2, 0.25) is 5.91 Å². The third-order valence-corrected chi connectivity index (χ3v) is 13.2. The van der Waals surface area contributed by atoms with Crippen molar-refractivity contribution in [2.75, 3.05) is 19.8 Å². The molecule has 1 amide bonds. The van der Waals surface area contributed by atoms with Gasteiger partial charge in [0.25, 0.3) is 5.92 Å². The SMILES string of the molecule is CCC(=N/C=C(\C)c1ccc2c(c1)OCn1c-2c(F)c2cc(/C(=C/N=C(C)[C@@H]3CC(F)(F)CN3C(=O)[C@@H](N)C(C)C)CC)ccc21)[C@@H]1C[C@H]2C[C@H]2N1CC(NCO)C(C)C. The number of alkyl halides is 2. The standard InChI is InChI=1S/C47H62F3N7O3/c1-9-30(21-52-29(8)41-19-47(49,50)23-56(41)46(59)44(51)27(5)6)32-12-14-38-35(15-32)43(48)45-34-13-11-31(18-42(34)60-25-57(38)45)28(7)20-53-36(10-2)40-17-33-16-39(33)55(40)22-37(26(3)4)54-24-58/h11-15,18,20-21,26-27,33,37,39-41,44,54,58H,9-10,16-17,19,22-25,51H2,1-8H3/b28-20+,30-21+,52-29?,53-36?/t33-,37?,39-,40+,41+,44+/m1/s1. The predicted molar refractivity (Wildman–Crippen MR) is 234 cm³/mol. The fourth-order valence-corrected chi connectivity index (χ4v) is 9.32. The van der Waals surface area contributed by atoms with Gasteiger partial charge in [0.05, 0.1) is 36.6 Å². The molecule has 1 saturated carbocycles. The zero-order chi connectivity index (χ0) is 43.2. The van der Waals surface area contributed by atoms with Gasteiger partial charge in [-0.3, -0.25) is 25.0 Å². The van der Waals surface area contributed by atoms with Gasteiger partial charge in [-0.25, -0.2) is 13.2 Å². The summed E-state index contributed by atoms with van der Waals surface area (Å²) in [7, 11) is 0. The minimum absolute atomic E-state index is 0.0302. The molecule has 13 heteroatoms. The van der Waals surface area contributed by atoms with Gasteiger partial charge in [-0.15, -0.1) is 0 Å². The molecule has 2 aromatic carbocycles. The van der Waals surface area contributed by atoms with Gasteiger partial charge in [0.1, 0.15) is 5.75 Å². The molecule has 324 valence electrons. The van der Waals surface area contributed by atoms with Crippen LogP contribution in [0.4, 0.5) is 13.2 Å². The quantitative estimate of drug-likeness (QED) is 0.105. The number of halogens is 3. The molecule has 4 heterocycles. The van der Waals surface area contributed by atoms with E-state index in [0.717, 1.165) is 47.6 Å². The average Bonchev–Trinajstić information content (AvgIpc) is 3.67. The molecule has 1 aromatic heterocycles. The number of carbonyl (C=O) groups is 1. The number of amides is 1. The van der Waals surface area contributed by atoms with Crippen molar-refractivity contribution in [1.82, 2.24) is 19.7 Å². The average molecular weight is 830 g/mol. The minimum Gasteiger partial charge on any atom is -0.472 e. The van der Waals surface area contributed by atoms with Crippen LogP contribution in [0.25, 0.3) is 33.3 Å². The molecule has 3 fully saturated rings. The number of allylic oxidation sites excluding steroid dienone is 2. The normalized spacial score (nSPS) is 24.2. The third kappa shape index (κ3) is 8.60. The molecule has 0 spiro atoms. The number of rotatable bonds is 15. The molecule has 6 atom stereocenters. The van der Waals surface area contributed by atoms with E-state index in [1.54, 1.807) is 27.0 Å². The Bertz CT molecular complexity index is 2230. The van der Waals surface area contributed by atoms with E-state index in [-0.39, 0.29) is 37.3 Å². The van der Waals surface area contributed by atoms with Gasteiger partial charge < -0.3 is 25.0 Å². The van der Waals surface area contributed by atoms with Crippen molar-refractivity contribution in [1.29, 1.82) is 0 Å². The lowest BCUT2D eigenvalue weighted by atomic mass is 10.00. The number of nitrogens with two attached hydrogens (primary N) is 1. The molecule has 0 radical (unpaired) electrons. The number of fused-ring (bicyclic) bond motifs is 6. The van der Waals surface area contributed by atoms with E-state index in [2.05, 4.69) is 36.0 Å². The van der Waals surface area contributed by atoms with Crippen LogP contribution in [-0.4, -0.2) is 92.8 Å². The monoisotopic (exact) mass is 829 g/mol. The van der Waals surface area contributed by atoms with E-state index in [1.165, 1.54) is 17.0 Å². The Morgan fingerprint density at radius 2 is 1.77 bits per heavy atom. The lowest BCUT2D eigenvalue weighted by Gasteiger charge is -2.33. The highest BCUT2D eigenvalue weighted by Crippen LogP contribution is 2.49. The zero-order valence-corrected chi connectivity index (χ0v) is 36.3. The molecule has 1 unspecified atom stereocenters. The summed E-state index contributed by atoms with van der Waals surface area (Å²) in [6.45, 7) is 16.1. The van der Waals surface area contributed by atoms with E-state index < -0.39 is 36.9 Å². The number of hydrogen-bond acceptors (Lipinski definition) is 8. The number of nitrogens with zero attached hydrogens (tertiary/aromatic N) is 5. The van der Waals surface area contributed by atoms with Crippen molar-refractivity contribution in [2.24, 2.45) is 33.5 Å². The number of benzene rings is 2. The summed E-state index contributed by atoms with van der Waals surface area (Å²) < 4.78 is 53.9. The van der Waals surface area contributed by atoms with Gasteiger partial charge >= 0.3 is 0 Å². The van der Waals surface area contributed by atoms with E-state index >= 15 is 4.39 Å². The van der Waals surface area contributed by atoms with Crippen LogP contribution in [-0.2, 0) is 11.5 Å². The van der Waals surface area contributed by atoms with Crippen LogP contribution in [0.3, 0.4) is 0 Å². The van der Waals surface area contributed by atoms with Crippen LogP contribution in [0.1, 0.15) is 98.6 Å². The van der Waals surface area contributed by atoms with E-state index in [4.69, 9.17) is 15.5 Å². The lowest BCUT2D eigenvalue weighted by molar-refractivity contribution is -0.134. The van der Waals surface area contributed by atoms with Crippen molar-refractivity contribution in [3.8, 4) is 17.0 Å². The van der Waals surface area contributed by atoms with Crippen LogP contribution in [0.15, 0.2) is 58.8 Å². The van der Waals surface area contributed by atoms with Gasteiger partial charge in [-0.1, -0.05) is 53.7 Å². The van der Waals surface area contributed by atoms with Crippen LogP contribution >= 0.6 is 0 Å². The topological polar surface area (TPSA) is 121 Å². The fraction of sp³-hybridized carbons (Fsp3) is 0.553. The molecule has 2 saturated heterocycles. The maximum Gasteiger partial charge on any atom is 0.267 e. The molecular formula is C47H62F3N7O3. The molecule has 60 heavy (non-hydrogen) atoms. The summed E-state index contributed by atoms with van der Waals surface area (Å²) in [5, 5.41) is 13.3. The van der Waals surface area contributed by atoms with Crippen molar-refractivity contribution < 1.29 is 27.8 Å². The Balaban J connectivity index is 1.11. The Morgan fingerprint density at radius 1 is 1.02 bits per heavy atom. The number of aliphatic hydroxyl groups is 1. The first-order valence-electron chi connectivity index (χ1n) is 21.7. The fourth-order valence-electron chi connectivity index (χ4n) is 9.32. The molecule has 4 N–H and O–H groups in total. The molecule has 4 aliphatic rings. The molecule has 7 rings (SSSR count). The van der Waals surface area contributed by atoms with Gasteiger partial charge in [-0.2, -0.15) is 0 Å². The maximum absolute atomic E-state index is 16.6. The van der Waals surface area contributed by atoms with Crippen molar-refractivity contribution in [3.05, 3.63) is 65.7 Å². The Kier molecular flexibility index (Phi) is 12.8. The molecular weight excluding hydrogens is 768 g/mol. The van der Waals surface area contributed by atoms with E-state index in [0.29, 0.717) is 52.0 Å². The van der Waals surface area contributed by atoms with E-state index in [1.807, 2.05) is 61.0 Å². The Morgan fingerprint density at radius 3 is 2.45 bits per heavy atom. The van der Waals surface area contributed by atoms with Crippen molar-refractivity contribution >= 4 is 39.4 Å². The summed E-state index contributed by atoms with van der Waals surface area (Å²) in [4.78, 5) is 26.5. The highest BCUT2D eigenvalue weighted by atomic mass is 19.3. The van der Waals surface area contributed by atoms with Crippen LogP contribution < -0.4 is 15.8 Å². The molecule has 3 aliphatic heterocycles. The highest BCUT2D eigenvalue weighted by Gasteiger charge is 2.53. The molecule has 3 aromatic rings. The number of hydrogen-bond donors (Lipinski definition) is 3. The second kappa shape index (κ2) is 17.6. The zero-order valence-electron chi connectivity index (χ0n) is 36.3. The smallest absolute Gasteiger partial charge is 0.267 e. The number of carbonyl (C=O) groups excluding carboxylic acids is 1. The van der Waals surface area contributed by atoms with E-state index in [9.17, 15) is 18.7 Å². The molecule has 0 bridgehead atoms. The maximum atomic E-state index is 16.6. The first-order chi connectivity index (χ1) is 28.6. The summed E-state index contributed by atoms with van der Waals surface area (Å²) in [5.74, 6) is -2.36. The minimum atomic E-state index is -3.04. The number of aliphatic imine (C=N–C) groups is 2. The lowest BCUT2D eigenvalue weighted by Crippen LogP contribution is -2.50. The van der Waals surface area contributed by atoms with Crippen LogP contribution in [0, 0.1) is 23.6 Å². The Hall–Kier alpha value is -4.30. The van der Waals surface area contributed by atoms with Crippen LogP contribution in [0.5, 0.6) is 5.75 Å². The first kappa shape index (κ1) is 43.8. The van der Waals surface area contributed by atoms with Crippen LogP contribution in [0.2, 0.25) is 0 Å². The number of nitrogens with one attached hydrogen (secondary N) is 1. The number of ether oxygens (including phenoxy) is 1. The second-order valence-corrected chi connectivity index (χ2v) is 17.9. The van der Waals surface area contributed by atoms with Gasteiger partial charge in [-0.05, 0) is 104 Å². The Labute approximate surface area is 352 Å².